The molecular formula is C4H5Cl2NO. The number of aliphatic hydroxyl groups is 1. The highest BCUT2D eigenvalue weighted by Crippen LogP contribution is 2.03. The molecule has 0 aliphatic rings. The van der Waals surface area contributed by atoms with Crippen molar-refractivity contribution in [1.29, 1.82) is 5.26 Å². The molecule has 0 heterocycles. The van der Waals surface area contributed by atoms with E-state index in [2.05, 4.69) is 0 Å². The Balaban J connectivity index is 3.49. The van der Waals surface area contributed by atoms with Crippen LogP contribution in [0.4, 0.5) is 0 Å². The first kappa shape index (κ1) is 8.03. The van der Waals surface area contributed by atoms with Crippen molar-refractivity contribution in [2.75, 3.05) is 5.88 Å². The molecule has 0 saturated carbocycles. The van der Waals surface area contributed by atoms with Gasteiger partial charge in [0.1, 0.15) is 0 Å². The van der Waals surface area contributed by atoms with Crippen molar-refractivity contribution in [1.82, 2.24) is 0 Å². The number of halogens is 2. The third-order valence-electron chi connectivity index (χ3n) is 0.622. The van der Waals surface area contributed by atoms with E-state index < -0.39 is 11.5 Å². The summed E-state index contributed by atoms with van der Waals surface area (Å²) in [5.74, 6) is 0.0935. The molecule has 2 atom stereocenters. The molecule has 0 aliphatic heterocycles. The number of aliphatic hydroxyl groups excluding tert-OH is 1. The average Bonchev–Trinajstić information content (AvgIpc) is 1.84. The first-order valence-electron chi connectivity index (χ1n) is 2.00. The first-order chi connectivity index (χ1) is 3.72. The molecular weight excluding hydrogens is 149 g/mol. The van der Waals surface area contributed by atoms with E-state index in [-0.39, 0.29) is 5.88 Å². The fourth-order valence-corrected chi connectivity index (χ4v) is 0.390. The van der Waals surface area contributed by atoms with Gasteiger partial charge < -0.3 is 5.11 Å². The van der Waals surface area contributed by atoms with Gasteiger partial charge in [0, 0.05) is 5.88 Å². The standard InChI is InChI=1S/C4H5Cl2NO/c5-1-3(6)4(8)2-7/h3-4,8H,1H2/t3-,4-/m1/s1. The van der Waals surface area contributed by atoms with Crippen LogP contribution < -0.4 is 0 Å². The second-order valence-electron chi connectivity index (χ2n) is 1.24. The summed E-state index contributed by atoms with van der Waals surface area (Å²) < 4.78 is 0. The zero-order chi connectivity index (χ0) is 6.57. The molecule has 46 valence electrons. The van der Waals surface area contributed by atoms with Gasteiger partial charge in [-0.15, -0.1) is 23.2 Å². The van der Waals surface area contributed by atoms with E-state index in [4.69, 9.17) is 33.6 Å². The summed E-state index contributed by atoms with van der Waals surface area (Å²) in [6.45, 7) is 0. The molecule has 0 amide bonds. The first-order valence-corrected chi connectivity index (χ1v) is 2.97. The van der Waals surface area contributed by atoms with Crippen LogP contribution in [0.3, 0.4) is 0 Å². The smallest absolute Gasteiger partial charge is 0.157 e. The Labute approximate surface area is 57.6 Å². The number of hydrogen-bond acceptors (Lipinski definition) is 2. The molecule has 0 radical (unpaired) electrons. The number of hydrogen-bond donors (Lipinski definition) is 1. The molecule has 0 aromatic carbocycles. The summed E-state index contributed by atoms with van der Waals surface area (Å²) >= 11 is 10.5. The van der Waals surface area contributed by atoms with Gasteiger partial charge >= 0.3 is 0 Å². The lowest BCUT2D eigenvalue weighted by Crippen LogP contribution is -2.19. The molecule has 2 nitrogen and oxygen atoms in total. The summed E-state index contributed by atoms with van der Waals surface area (Å²) in [6.07, 6.45) is -1.14. The highest BCUT2D eigenvalue weighted by atomic mass is 35.5. The van der Waals surface area contributed by atoms with Crippen molar-refractivity contribution in [3.05, 3.63) is 0 Å². The summed E-state index contributed by atoms with van der Waals surface area (Å²) in [7, 11) is 0. The van der Waals surface area contributed by atoms with Crippen LogP contribution in [0.1, 0.15) is 0 Å². The van der Waals surface area contributed by atoms with Crippen LogP contribution in [0, 0.1) is 11.3 Å². The zero-order valence-corrected chi connectivity index (χ0v) is 5.52. The Bertz CT molecular complexity index is 101. The van der Waals surface area contributed by atoms with Crippen LogP contribution in [0.5, 0.6) is 0 Å². The van der Waals surface area contributed by atoms with E-state index >= 15 is 0 Å². The van der Waals surface area contributed by atoms with Crippen molar-refractivity contribution >= 4 is 23.2 Å². The predicted molar refractivity (Wildman–Crippen MR) is 32.0 cm³/mol. The van der Waals surface area contributed by atoms with Gasteiger partial charge in [-0.05, 0) is 0 Å². The second kappa shape index (κ2) is 3.96. The summed E-state index contributed by atoms with van der Waals surface area (Å²) in [4.78, 5) is 0. The van der Waals surface area contributed by atoms with Gasteiger partial charge in [-0.2, -0.15) is 5.26 Å². The lowest BCUT2D eigenvalue weighted by Gasteiger charge is -2.03. The number of alkyl halides is 2. The maximum absolute atomic E-state index is 8.55. The molecule has 8 heavy (non-hydrogen) atoms. The Morgan fingerprint density at radius 2 is 2.25 bits per heavy atom. The monoisotopic (exact) mass is 153 g/mol. The van der Waals surface area contributed by atoms with Gasteiger partial charge in [-0.1, -0.05) is 0 Å². The minimum atomic E-state index is -1.14. The van der Waals surface area contributed by atoms with Crippen LogP contribution in [-0.4, -0.2) is 22.5 Å². The predicted octanol–water partition coefficient (Wildman–Crippen LogP) is 0.717. The molecule has 0 bridgehead atoms. The van der Waals surface area contributed by atoms with Crippen LogP contribution in [-0.2, 0) is 0 Å². The van der Waals surface area contributed by atoms with Gasteiger partial charge in [0.25, 0.3) is 0 Å². The molecule has 0 fully saturated rings. The highest BCUT2D eigenvalue weighted by Gasteiger charge is 2.12. The van der Waals surface area contributed by atoms with E-state index in [9.17, 15) is 0 Å². The van der Waals surface area contributed by atoms with Crippen molar-refractivity contribution in [3.8, 4) is 6.07 Å². The fourth-order valence-electron chi connectivity index (χ4n) is 0.165. The molecule has 0 saturated heterocycles. The molecule has 4 heteroatoms. The van der Waals surface area contributed by atoms with Crippen molar-refractivity contribution in [2.45, 2.75) is 11.5 Å². The van der Waals surface area contributed by atoms with Crippen molar-refractivity contribution in [3.63, 3.8) is 0 Å². The van der Waals surface area contributed by atoms with Gasteiger partial charge in [0.05, 0.1) is 11.4 Å². The minimum Gasteiger partial charge on any atom is -0.377 e. The van der Waals surface area contributed by atoms with Crippen LogP contribution in [0.2, 0.25) is 0 Å². The normalized spacial score (nSPS) is 16.8. The molecule has 0 aliphatic carbocycles. The summed E-state index contributed by atoms with van der Waals surface area (Å²) in [5.41, 5.74) is 0. The SMILES string of the molecule is N#C[C@@H](O)[C@H](Cl)CCl. The minimum absolute atomic E-state index is 0.0935. The maximum atomic E-state index is 8.55. The van der Waals surface area contributed by atoms with Gasteiger partial charge in [0.2, 0.25) is 0 Å². The van der Waals surface area contributed by atoms with Crippen LogP contribution >= 0.6 is 23.2 Å². The molecule has 0 aromatic rings. The molecule has 0 rings (SSSR count). The third-order valence-corrected chi connectivity index (χ3v) is 1.51. The Morgan fingerprint density at radius 3 is 2.38 bits per heavy atom. The van der Waals surface area contributed by atoms with E-state index in [1.165, 1.54) is 0 Å². The Kier molecular flexibility index (Phi) is 3.98. The summed E-state index contributed by atoms with van der Waals surface area (Å²) in [5, 5.41) is 15.9. The molecule has 0 aromatic heterocycles. The van der Waals surface area contributed by atoms with Crippen molar-refractivity contribution < 1.29 is 5.11 Å². The largest absolute Gasteiger partial charge is 0.377 e. The number of nitrogens with zero attached hydrogens (tertiary/aromatic N) is 1. The third kappa shape index (κ3) is 2.37. The van der Waals surface area contributed by atoms with Crippen LogP contribution in [0.15, 0.2) is 0 Å². The fraction of sp³-hybridized carbons (Fsp3) is 0.750. The van der Waals surface area contributed by atoms with Gasteiger partial charge in [-0.25, -0.2) is 0 Å². The average molecular weight is 154 g/mol. The lowest BCUT2D eigenvalue weighted by atomic mass is 10.3. The maximum Gasteiger partial charge on any atom is 0.157 e. The van der Waals surface area contributed by atoms with Gasteiger partial charge in [-0.3, -0.25) is 0 Å². The summed E-state index contributed by atoms with van der Waals surface area (Å²) in [6, 6.07) is 1.55. The highest BCUT2D eigenvalue weighted by molar-refractivity contribution is 6.28. The van der Waals surface area contributed by atoms with Crippen molar-refractivity contribution in [2.24, 2.45) is 0 Å². The molecule has 1 N–H and O–H groups in total. The number of rotatable bonds is 2. The van der Waals surface area contributed by atoms with E-state index in [0.29, 0.717) is 0 Å². The second-order valence-corrected chi connectivity index (χ2v) is 2.11. The van der Waals surface area contributed by atoms with E-state index in [1.54, 1.807) is 6.07 Å². The zero-order valence-electron chi connectivity index (χ0n) is 4.01. The molecule has 0 unspecified atom stereocenters. The topological polar surface area (TPSA) is 44.0 Å². The quantitative estimate of drug-likeness (QED) is 0.470. The van der Waals surface area contributed by atoms with E-state index in [0.717, 1.165) is 0 Å². The van der Waals surface area contributed by atoms with Gasteiger partial charge in [0.15, 0.2) is 6.10 Å². The lowest BCUT2D eigenvalue weighted by molar-refractivity contribution is 0.230. The molecule has 0 spiro atoms. The Morgan fingerprint density at radius 1 is 1.75 bits per heavy atom. The van der Waals surface area contributed by atoms with E-state index in [1.807, 2.05) is 0 Å². The number of nitriles is 1. The Hall–Kier alpha value is 0.0300. The van der Waals surface area contributed by atoms with Crippen LogP contribution in [0.25, 0.3) is 0 Å².